The molecule has 3 heteroatoms. The predicted octanol–water partition coefficient (Wildman–Crippen LogP) is 9.19. The van der Waals surface area contributed by atoms with Gasteiger partial charge in [-0.05, 0) is 47.5 Å². The molecule has 0 aliphatic heterocycles. The normalized spacial score (nSPS) is 10.7. The topological polar surface area (TPSA) is 30.5 Å². The highest BCUT2D eigenvalue weighted by atomic mass is 16.5. The summed E-state index contributed by atoms with van der Waals surface area (Å²) in [5.74, 6) is 2.92. The fourth-order valence-corrected chi connectivity index (χ4v) is 3.61. The lowest BCUT2D eigenvalue weighted by Gasteiger charge is -2.14. The standard InChI is InChI=1S/C32H25NO2/c1-4-10-25(11-5-1)16-17-26-18-20-27(21-19-26)33-28-22-31(34-29-12-6-2-7-13-29)24-32(23-28)35-30-14-8-3-9-15-30/h1-24,33H/b17-16+. The molecule has 5 aromatic carbocycles. The van der Waals surface area contributed by atoms with Gasteiger partial charge in [0.15, 0.2) is 0 Å². The molecule has 0 aliphatic rings. The second-order valence-corrected chi connectivity index (χ2v) is 8.01. The van der Waals surface area contributed by atoms with E-state index in [1.807, 2.05) is 97.1 Å². The van der Waals surface area contributed by atoms with Crippen LogP contribution in [0.25, 0.3) is 12.2 Å². The molecule has 0 unspecified atom stereocenters. The summed E-state index contributed by atoms with van der Waals surface area (Å²) in [6.45, 7) is 0. The van der Waals surface area contributed by atoms with Crippen molar-refractivity contribution in [1.82, 2.24) is 0 Å². The van der Waals surface area contributed by atoms with Crippen LogP contribution in [0.2, 0.25) is 0 Å². The van der Waals surface area contributed by atoms with Crippen LogP contribution in [0.5, 0.6) is 23.0 Å². The zero-order valence-corrected chi connectivity index (χ0v) is 19.2. The second-order valence-electron chi connectivity index (χ2n) is 8.01. The molecule has 0 fully saturated rings. The van der Waals surface area contributed by atoms with Gasteiger partial charge in [-0.2, -0.15) is 0 Å². The molecule has 0 spiro atoms. The number of hydrogen-bond acceptors (Lipinski definition) is 3. The molecule has 35 heavy (non-hydrogen) atoms. The average molecular weight is 456 g/mol. The zero-order chi connectivity index (χ0) is 23.7. The van der Waals surface area contributed by atoms with Crippen LogP contribution in [0.4, 0.5) is 11.4 Å². The molecule has 170 valence electrons. The van der Waals surface area contributed by atoms with Gasteiger partial charge in [-0.3, -0.25) is 0 Å². The summed E-state index contributed by atoms with van der Waals surface area (Å²) in [4.78, 5) is 0. The molecule has 0 aromatic heterocycles. The molecule has 0 bridgehead atoms. The Labute approximate surface area is 205 Å². The Kier molecular flexibility index (Phi) is 6.87. The molecule has 5 rings (SSSR count). The summed E-state index contributed by atoms with van der Waals surface area (Å²) in [6, 6.07) is 43.9. The predicted molar refractivity (Wildman–Crippen MR) is 145 cm³/mol. The molecule has 0 radical (unpaired) electrons. The van der Waals surface area contributed by atoms with Gasteiger partial charge in [0.05, 0.1) is 0 Å². The fourth-order valence-electron chi connectivity index (χ4n) is 3.61. The Morgan fingerprint density at radius 3 is 1.37 bits per heavy atom. The minimum Gasteiger partial charge on any atom is -0.457 e. The lowest BCUT2D eigenvalue weighted by molar-refractivity contribution is 0.461. The number of para-hydroxylation sites is 2. The quantitative estimate of drug-likeness (QED) is 0.237. The Balaban J connectivity index is 1.36. The Morgan fingerprint density at radius 2 is 0.857 bits per heavy atom. The number of benzene rings is 5. The van der Waals surface area contributed by atoms with Crippen LogP contribution >= 0.6 is 0 Å². The fraction of sp³-hybridized carbons (Fsp3) is 0. The van der Waals surface area contributed by atoms with Crippen molar-refractivity contribution in [2.45, 2.75) is 0 Å². The van der Waals surface area contributed by atoms with Gasteiger partial charge in [0.1, 0.15) is 23.0 Å². The molecule has 0 saturated carbocycles. The van der Waals surface area contributed by atoms with E-state index in [1.165, 1.54) is 5.56 Å². The van der Waals surface area contributed by atoms with Crippen molar-refractivity contribution in [3.63, 3.8) is 0 Å². The van der Waals surface area contributed by atoms with Crippen molar-refractivity contribution in [2.24, 2.45) is 0 Å². The van der Waals surface area contributed by atoms with Crippen LogP contribution in [0.3, 0.4) is 0 Å². The third-order valence-electron chi connectivity index (χ3n) is 5.31. The van der Waals surface area contributed by atoms with Gasteiger partial charge >= 0.3 is 0 Å². The van der Waals surface area contributed by atoms with E-state index in [1.54, 1.807) is 0 Å². The average Bonchev–Trinajstić information content (AvgIpc) is 2.90. The third-order valence-corrected chi connectivity index (χ3v) is 5.31. The maximum absolute atomic E-state index is 6.10. The monoisotopic (exact) mass is 455 g/mol. The van der Waals surface area contributed by atoms with E-state index < -0.39 is 0 Å². The summed E-state index contributed by atoms with van der Waals surface area (Å²) in [5, 5.41) is 3.47. The molecule has 0 atom stereocenters. The summed E-state index contributed by atoms with van der Waals surface area (Å²) >= 11 is 0. The number of anilines is 2. The molecule has 0 amide bonds. The van der Waals surface area contributed by atoms with Crippen LogP contribution in [-0.2, 0) is 0 Å². The number of rotatable bonds is 8. The second kappa shape index (κ2) is 10.9. The summed E-state index contributed by atoms with van der Waals surface area (Å²) in [5.41, 5.74) is 4.16. The van der Waals surface area contributed by atoms with E-state index in [4.69, 9.17) is 9.47 Å². The van der Waals surface area contributed by atoms with Gasteiger partial charge in [0, 0.05) is 29.6 Å². The van der Waals surface area contributed by atoms with E-state index in [2.05, 4.69) is 53.9 Å². The van der Waals surface area contributed by atoms with E-state index in [0.29, 0.717) is 11.5 Å². The first-order valence-corrected chi connectivity index (χ1v) is 11.5. The van der Waals surface area contributed by atoms with Crippen LogP contribution in [0, 0.1) is 0 Å². The van der Waals surface area contributed by atoms with Crippen molar-refractivity contribution in [2.75, 3.05) is 5.32 Å². The van der Waals surface area contributed by atoms with Crippen LogP contribution in [0.1, 0.15) is 11.1 Å². The highest BCUT2D eigenvalue weighted by molar-refractivity contribution is 5.71. The summed E-state index contributed by atoms with van der Waals surface area (Å²) < 4.78 is 12.2. The van der Waals surface area contributed by atoms with Crippen molar-refractivity contribution in [1.29, 1.82) is 0 Å². The maximum Gasteiger partial charge on any atom is 0.133 e. The van der Waals surface area contributed by atoms with Gasteiger partial charge < -0.3 is 14.8 Å². The first-order chi connectivity index (χ1) is 17.3. The zero-order valence-electron chi connectivity index (χ0n) is 19.2. The Bertz CT molecular complexity index is 1320. The van der Waals surface area contributed by atoms with Crippen LogP contribution in [-0.4, -0.2) is 0 Å². The molecule has 3 nitrogen and oxygen atoms in total. The van der Waals surface area contributed by atoms with E-state index in [-0.39, 0.29) is 0 Å². The van der Waals surface area contributed by atoms with Crippen molar-refractivity contribution in [3.05, 3.63) is 145 Å². The van der Waals surface area contributed by atoms with Gasteiger partial charge in [-0.1, -0.05) is 91.0 Å². The van der Waals surface area contributed by atoms with Gasteiger partial charge in [-0.15, -0.1) is 0 Å². The minimum absolute atomic E-state index is 0.689. The van der Waals surface area contributed by atoms with E-state index in [9.17, 15) is 0 Å². The van der Waals surface area contributed by atoms with Gasteiger partial charge in [0.25, 0.3) is 0 Å². The van der Waals surface area contributed by atoms with E-state index >= 15 is 0 Å². The first kappa shape index (κ1) is 22.1. The number of hydrogen-bond donors (Lipinski definition) is 1. The molecule has 5 aromatic rings. The van der Waals surface area contributed by atoms with Crippen LogP contribution in [0.15, 0.2) is 133 Å². The number of ether oxygens (including phenoxy) is 2. The largest absolute Gasteiger partial charge is 0.457 e. The molecule has 0 aliphatic carbocycles. The lowest BCUT2D eigenvalue weighted by atomic mass is 10.1. The first-order valence-electron chi connectivity index (χ1n) is 11.5. The van der Waals surface area contributed by atoms with Gasteiger partial charge in [0.2, 0.25) is 0 Å². The number of nitrogens with one attached hydrogen (secondary N) is 1. The maximum atomic E-state index is 6.10. The van der Waals surface area contributed by atoms with E-state index in [0.717, 1.165) is 28.4 Å². The highest BCUT2D eigenvalue weighted by Gasteiger charge is 2.07. The smallest absolute Gasteiger partial charge is 0.133 e. The lowest BCUT2D eigenvalue weighted by Crippen LogP contribution is -1.94. The minimum atomic E-state index is 0.689. The van der Waals surface area contributed by atoms with Crippen LogP contribution < -0.4 is 14.8 Å². The van der Waals surface area contributed by atoms with Crippen molar-refractivity contribution < 1.29 is 9.47 Å². The molecule has 1 N–H and O–H groups in total. The summed E-state index contributed by atoms with van der Waals surface area (Å²) in [6.07, 6.45) is 4.22. The molecule has 0 heterocycles. The molecular weight excluding hydrogens is 430 g/mol. The van der Waals surface area contributed by atoms with Crippen molar-refractivity contribution in [3.8, 4) is 23.0 Å². The highest BCUT2D eigenvalue weighted by Crippen LogP contribution is 2.33. The summed E-state index contributed by atoms with van der Waals surface area (Å²) in [7, 11) is 0. The van der Waals surface area contributed by atoms with Gasteiger partial charge in [-0.25, -0.2) is 0 Å². The third kappa shape index (κ3) is 6.40. The Morgan fingerprint density at radius 1 is 0.400 bits per heavy atom. The van der Waals surface area contributed by atoms with Crippen molar-refractivity contribution >= 4 is 23.5 Å². The molecule has 0 saturated heterocycles. The Hall–Kier alpha value is -4.76. The SMILES string of the molecule is C(=C\c1ccc(Nc2cc(Oc3ccccc3)cc(Oc3ccccc3)c2)cc1)/c1ccccc1. The molecular formula is C32H25NO2.